The molecule has 3 nitrogen and oxygen atoms in total. The third kappa shape index (κ3) is 3.08. The molecule has 4 aromatic rings. The molecule has 0 aliphatic rings. The molecule has 4 heteroatoms. The van der Waals surface area contributed by atoms with Crippen molar-refractivity contribution < 1.29 is 0 Å². The monoisotopic (exact) mass is 359 g/mol. The normalized spacial score (nSPS) is 11.0. The summed E-state index contributed by atoms with van der Waals surface area (Å²) in [4.78, 5) is 10.0. The van der Waals surface area contributed by atoms with E-state index in [1.54, 1.807) is 17.7 Å². The Bertz CT molecular complexity index is 1060. The van der Waals surface area contributed by atoms with Crippen LogP contribution in [0.3, 0.4) is 0 Å². The van der Waals surface area contributed by atoms with E-state index < -0.39 is 0 Å². The Morgan fingerprint density at radius 2 is 1.77 bits per heavy atom. The fraction of sp³-hybridized carbons (Fsp3) is 0.182. The lowest BCUT2D eigenvalue weighted by atomic mass is 9.99. The second-order valence-corrected chi connectivity index (χ2v) is 7.40. The minimum absolute atomic E-state index is 0.857. The van der Waals surface area contributed by atoms with Gasteiger partial charge < -0.3 is 5.32 Å². The molecule has 0 radical (unpaired) electrons. The number of rotatable bonds is 4. The summed E-state index contributed by atoms with van der Waals surface area (Å²) in [5, 5.41) is 6.75. The average Bonchev–Trinajstić information content (AvgIpc) is 3.07. The topological polar surface area (TPSA) is 37.8 Å². The smallest absolute Gasteiger partial charge is 0.143 e. The van der Waals surface area contributed by atoms with Crippen LogP contribution in [0.15, 0.2) is 54.2 Å². The molecule has 0 bridgehead atoms. The van der Waals surface area contributed by atoms with E-state index in [9.17, 15) is 0 Å². The van der Waals surface area contributed by atoms with Crippen molar-refractivity contribution in [2.45, 2.75) is 27.2 Å². The first-order valence-electron chi connectivity index (χ1n) is 8.81. The molecule has 0 unspecified atom stereocenters. The molecule has 0 aliphatic heterocycles. The SMILES string of the molecule is CCc1ccc(Nc2ncnc3scc(-c4ccc(C)cc4C)c23)cc1. The zero-order valence-electron chi connectivity index (χ0n) is 15.2. The zero-order chi connectivity index (χ0) is 18.1. The first-order valence-corrected chi connectivity index (χ1v) is 9.69. The lowest BCUT2D eigenvalue weighted by molar-refractivity contribution is 1.14. The molecule has 0 saturated heterocycles. The molecule has 0 atom stereocenters. The van der Waals surface area contributed by atoms with Crippen LogP contribution in [0, 0.1) is 13.8 Å². The van der Waals surface area contributed by atoms with Crippen LogP contribution in [0.2, 0.25) is 0 Å². The number of aryl methyl sites for hydroxylation is 3. The van der Waals surface area contributed by atoms with Crippen LogP contribution in [-0.4, -0.2) is 9.97 Å². The molecule has 0 fully saturated rings. The van der Waals surface area contributed by atoms with E-state index in [4.69, 9.17) is 0 Å². The molecule has 0 spiro atoms. The van der Waals surface area contributed by atoms with Gasteiger partial charge in [0.15, 0.2) is 0 Å². The first-order chi connectivity index (χ1) is 12.7. The highest BCUT2D eigenvalue weighted by Gasteiger charge is 2.14. The van der Waals surface area contributed by atoms with Gasteiger partial charge in [0.2, 0.25) is 0 Å². The van der Waals surface area contributed by atoms with Gasteiger partial charge in [0.05, 0.1) is 5.39 Å². The van der Waals surface area contributed by atoms with Crippen molar-refractivity contribution >= 4 is 33.1 Å². The molecule has 130 valence electrons. The van der Waals surface area contributed by atoms with Gasteiger partial charge in [-0.05, 0) is 49.1 Å². The molecular formula is C22H21N3S. The standard InChI is InChI=1S/C22H21N3S/c1-4-16-6-8-17(9-7-16)25-21-20-19(12-26-22(20)24-13-23-21)18-10-5-14(2)11-15(18)3/h5-13H,4H2,1-3H3,(H,23,24,25). The van der Waals surface area contributed by atoms with Crippen molar-refractivity contribution in [2.24, 2.45) is 0 Å². The zero-order valence-corrected chi connectivity index (χ0v) is 16.0. The Labute approximate surface area is 157 Å². The van der Waals surface area contributed by atoms with E-state index in [1.807, 2.05) is 0 Å². The molecule has 2 aromatic carbocycles. The van der Waals surface area contributed by atoms with E-state index in [2.05, 4.69) is 83.9 Å². The summed E-state index contributed by atoms with van der Waals surface area (Å²) in [5.74, 6) is 0.857. The largest absolute Gasteiger partial charge is 0.340 e. The van der Waals surface area contributed by atoms with Crippen LogP contribution in [-0.2, 0) is 6.42 Å². The van der Waals surface area contributed by atoms with E-state index >= 15 is 0 Å². The minimum Gasteiger partial charge on any atom is -0.340 e. The van der Waals surface area contributed by atoms with Gasteiger partial charge in [-0.3, -0.25) is 0 Å². The van der Waals surface area contributed by atoms with Crippen LogP contribution in [0.4, 0.5) is 11.5 Å². The fourth-order valence-electron chi connectivity index (χ4n) is 3.24. The number of fused-ring (bicyclic) bond motifs is 1. The van der Waals surface area contributed by atoms with Gasteiger partial charge in [0, 0.05) is 16.6 Å². The number of benzene rings is 2. The second kappa shape index (κ2) is 6.89. The number of nitrogens with zero attached hydrogens (tertiary/aromatic N) is 2. The van der Waals surface area contributed by atoms with Crippen LogP contribution in [0.5, 0.6) is 0 Å². The number of hydrogen-bond acceptors (Lipinski definition) is 4. The maximum absolute atomic E-state index is 4.53. The molecule has 0 saturated carbocycles. The number of thiophene rings is 1. The van der Waals surface area contributed by atoms with Crippen molar-refractivity contribution in [3.05, 3.63) is 70.9 Å². The Balaban J connectivity index is 1.81. The van der Waals surface area contributed by atoms with Crippen molar-refractivity contribution in [2.75, 3.05) is 5.32 Å². The maximum Gasteiger partial charge on any atom is 0.143 e. The predicted molar refractivity (Wildman–Crippen MR) is 111 cm³/mol. The van der Waals surface area contributed by atoms with Gasteiger partial charge >= 0.3 is 0 Å². The number of hydrogen-bond donors (Lipinski definition) is 1. The Morgan fingerprint density at radius 1 is 0.962 bits per heavy atom. The van der Waals surface area contributed by atoms with E-state index in [0.29, 0.717) is 0 Å². The predicted octanol–water partition coefficient (Wildman–Crippen LogP) is 6.28. The molecule has 0 amide bonds. The second-order valence-electron chi connectivity index (χ2n) is 6.55. The van der Waals surface area contributed by atoms with Crippen molar-refractivity contribution in [3.63, 3.8) is 0 Å². The summed E-state index contributed by atoms with van der Waals surface area (Å²) < 4.78 is 0. The van der Waals surface area contributed by atoms with Gasteiger partial charge in [-0.1, -0.05) is 42.8 Å². The number of anilines is 2. The Morgan fingerprint density at radius 3 is 2.50 bits per heavy atom. The van der Waals surface area contributed by atoms with Gasteiger partial charge in [-0.15, -0.1) is 11.3 Å². The Kier molecular flexibility index (Phi) is 4.43. The van der Waals surface area contributed by atoms with Gasteiger partial charge in [0.1, 0.15) is 17.0 Å². The van der Waals surface area contributed by atoms with E-state index in [0.717, 1.165) is 28.1 Å². The number of nitrogens with one attached hydrogen (secondary N) is 1. The molecular weight excluding hydrogens is 338 g/mol. The molecule has 26 heavy (non-hydrogen) atoms. The summed E-state index contributed by atoms with van der Waals surface area (Å²) in [6, 6.07) is 15.1. The van der Waals surface area contributed by atoms with Gasteiger partial charge in [-0.2, -0.15) is 0 Å². The molecule has 0 aliphatic carbocycles. The summed E-state index contributed by atoms with van der Waals surface area (Å²) >= 11 is 1.66. The van der Waals surface area contributed by atoms with Gasteiger partial charge in [-0.25, -0.2) is 9.97 Å². The summed E-state index contributed by atoms with van der Waals surface area (Å²) in [6.45, 7) is 6.45. The summed E-state index contributed by atoms with van der Waals surface area (Å²) in [6.07, 6.45) is 2.67. The first kappa shape index (κ1) is 16.7. The third-order valence-electron chi connectivity index (χ3n) is 4.67. The van der Waals surface area contributed by atoms with E-state index in [-0.39, 0.29) is 0 Å². The van der Waals surface area contributed by atoms with Crippen molar-refractivity contribution in [3.8, 4) is 11.1 Å². The van der Waals surface area contributed by atoms with E-state index in [1.165, 1.54) is 27.8 Å². The van der Waals surface area contributed by atoms with Crippen molar-refractivity contribution in [1.82, 2.24) is 9.97 Å². The third-order valence-corrected chi connectivity index (χ3v) is 5.55. The van der Waals surface area contributed by atoms with Crippen LogP contribution in [0.25, 0.3) is 21.3 Å². The summed E-state index contributed by atoms with van der Waals surface area (Å²) in [7, 11) is 0. The quantitative estimate of drug-likeness (QED) is 0.466. The highest BCUT2D eigenvalue weighted by molar-refractivity contribution is 7.17. The lowest BCUT2D eigenvalue weighted by Crippen LogP contribution is -1.96. The molecule has 4 rings (SSSR count). The minimum atomic E-state index is 0.857. The molecule has 2 aromatic heterocycles. The van der Waals surface area contributed by atoms with Gasteiger partial charge in [0.25, 0.3) is 0 Å². The number of aromatic nitrogens is 2. The highest BCUT2D eigenvalue weighted by atomic mass is 32.1. The summed E-state index contributed by atoms with van der Waals surface area (Å²) in [5.41, 5.74) is 7.34. The highest BCUT2D eigenvalue weighted by Crippen LogP contribution is 2.38. The molecule has 2 heterocycles. The average molecular weight is 359 g/mol. The van der Waals surface area contributed by atoms with Crippen LogP contribution in [0.1, 0.15) is 23.6 Å². The van der Waals surface area contributed by atoms with Crippen LogP contribution >= 0.6 is 11.3 Å². The Hall–Kier alpha value is -2.72. The molecule has 1 N–H and O–H groups in total. The van der Waals surface area contributed by atoms with Crippen molar-refractivity contribution in [1.29, 1.82) is 0 Å². The van der Waals surface area contributed by atoms with Crippen LogP contribution < -0.4 is 5.32 Å². The lowest BCUT2D eigenvalue weighted by Gasteiger charge is -2.10. The fourth-order valence-corrected chi connectivity index (χ4v) is 4.15. The maximum atomic E-state index is 4.53.